The van der Waals surface area contributed by atoms with Crippen molar-refractivity contribution < 1.29 is 4.42 Å². The molecular formula is C21H20ClN3O2S. The minimum absolute atomic E-state index is 0.00610. The van der Waals surface area contributed by atoms with E-state index in [1.165, 1.54) is 16.9 Å². The molecular weight excluding hydrogens is 394 g/mol. The number of fused-ring (bicyclic) bond motifs is 2. The smallest absolute Gasteiger partial charge is 0.252 e. The van der Waals surface area contributed by atoms with Crippen LogP contribution in [0.15, 0.2) is 39.5 Å². The maximum Gasteiger partial charge on any atom is 0.252 e. The van der Waals surface area contributed by atoms with Gasteiger partial charge in [0.25, 0.3) is 5.56 Å². The molecule has 0 N–H and O–H groups in total. The van der Waals surface area contributed by atoms with E-state index in [2.05, 4.69) is 17.9 Å². The third-order valence-corrected chi connectivity index (χ3v) is 6.89. The zero-order chi connectivity index (χ0) is 19.4. The van der Waals surface area contributed by atoms with Gasteiger partial charge in [-0.3, -0.25) is 4.79 Å². The van der Waals surface area contributed by atoms with Gasteiger partial charge in [-0.05, 0) is 43.5 Å². The molecule has 0 bridgehead atoms. The van der Waals surface area contributed by atoms with Crippen molar-refractivity contribution in [2.75, 3.05) is 18.0 Å². The Labute approximate surface area is 171 Å². The van der Waals surface area contributed by atoms with Gasteiger partial charge in [0.15, 0.2) is 11.5 Å². The van der Waals surface area contributed by atoms with Crippen LogP contribution in [0.2, 0.25) is 4.34 Å². The summed E-state index contributed by atoms with van der Waals surface area (Å²) in [6, 6.07) is 9.71. The number of aryl methyl sites for hydroxylation is 2. The molecule has 144 valence electrons. The fourth-order valence-corrected chi connectivity index (χ4v) is 5.31. The lowest BCUT2D eigenvalue weighted by Crippen LogP contribution is -2.34. The van der Waals surface area contributed by atoms with Crippen molar-refractivity contribution in [3.63, 3.8) is 0 Å². The summed E-state index contributed by atoms with van der Waals surface area (Å²) in [7, 11) is 1.79. The van der Waals surface area contributed by atoms with E-state index in [0.29, 0.717) is 10.3 Å². The van der Waals surface area contributed by atoms with Gasteiger partial charge in [-0.1, -0.05) is 17.7 Å². The number of pyridine rings is 1. The average molecular weight is 414 g/mol. The molecule has 0 unspecified atom stereocenters. The third-order valence-electron chi connectivity index (χ3n) is 5.61. The summed E-state index contributed by atoms with van der Waals surface area (Å²) in [6.07, 6.45) is 1.89. The largest absolute Gasteiger partial charge is 0.440 e. The minimum atomic E-state index is -0.00610. The Bertz CT molecular complexity index is 1250. The number of oxazole rings is 1. The van der Waals surface area contributed by atoms with Crippen LogP contribution in [0.5, 0.6) is 0 Å². The summed E-state index contributed by atoms with van der Waals surface area (Å²) >= 11 is 7.77. The fraction of sp³-hybridized carbons (Fsp3) is 0.333. The van der Waals surface area contributed by atoms with Crippen molar-refractivity contribution in [1.82, 2.24) is 9.55 Å². The van der Waals surface area contributed by atoms with E-state index in [-0.39, 0.29) is 5.56 Å². The molecule has 7 heteroatoms. The summed E-state index contributed by atoms with van der Waals surface area (Å²) in [6.45, 7) is 3.79. The van der Waals surface area contributed by atoms with Gasteiger partial charge < -0.3 is 13.9 Å². The Balaban J connectivity index is 1.42. The molecule has 1 aliphatic heterocycles. The van der Waals surface area contributed by atoms with Crippen LogP contribution in [-0.4, -0.2) is 22.6 Å². The van der Waals surface area contributed by atoms with Crippen LogP contribution >= 0.6 is 22.9 Å². The van der Waals surface area contributed by atoms with Crippen LogP contribution < -0.4 is 10.5 Å². The molecule has 0 saturated carbocycles. The Kier molecular flexibility index (Phi) is 4.21. The number of anilines is 1. The number of halogens is 1. The first-order chi connectivity index (χ1) is 13.5. The van der Waals surface area contributed by atoms with E-state index in [1.807, 2.05) is 18.2 Å². The second-order valence-corrected chi connectivity index (χ2v) is 9.16. The number of aromatic nitrogens is 2. The van der Waals surface area contributed by atoms with Gasteiger partial charge in [-0.25, -0.2) is 4.98 Å². The quantitative estimate of drug-likeness (QED) is 0.459. The maximum atomic E-state index is 12.4. The number of benzene rings is 1. The molecule has 4 aromatic rings. The highest BCUT2D eigenvalue weighted by Crippen LogP contribution is 2.38. The van der Waals surface area contributed by atoms with Crippen molar-refractivity contribution >= 4 is 49.9 Å². The second kappa shape index (κ2) is 6.64. The summed E-state index contributed by atoms with van der Waals surface area (Å²) < 4.78 is 9.45. The topological polar surface area (TPSA) is 51.3 Å². The lowest BCUT2D eigenvalue weighted by Gasteiger charge is -2.32. The molecule has 5 nitrogen and oxygen atoms in total. The number of rotatable bonds is 2. The normalized spacial score (nSPS) is 15.8. The molecule has 0 atom stereocenters. The zero-order valence-electron chi connectivity index (χ0n) is 15.7. The van der Waals surface area contributed by atoms with Crippen LogP contribution in [0, 0.1) is 6.92 Å². The van der Waals surface area contributed by atoms with Crippen LogP contribution in [0.25, 0.3) is 21.3 Å². The zero-order valence-corrected chi connectivity index (χ0v) is 17.3. The second-order valence-electron chi connectivity index (χ2n) is 7.48. The summed E-state index contributed by atoms with van der Waals surface area (Å²) in [4.78, 5) is 19.4. The van der Waals surface area contributed by atoms with E-state index < -0.39 is 0 Å². The molecule has 28 heavy (non-hydrogen) atoms. The van der Waals surface area contributed by atoms with Gasteiger partial charge >= 0.3 is 0 Å². The molecule has 0 radical (unpaired) electrons. The van der Waals surface area contributed by atoms with E-state index in [4.69, 9.17) is 21.0 Å². The average Bonchev–Trinajstić information content (AvgIpc) is 3.28. The van der Waals surface area contributed by atoms with Gasteiger partial charge in [0.05, 0.1) is 20.2 Å². The molecule has 5 rings (SSSR count). The maximum absolute atomic E-state index is 12.4. The van der Waals surface area contributed by atoms with Crippen molar-refractivity contribution in [3.05, 3.63) is 56.5 Å². The molecule has 1 aliphatic rings. The van der Waals surface area contributed by atoms with Crippen LogP contribution in [-0.2, 0) is 7.05 Å². The van der Waals surface area contributed by atoms with Crippen molar-refractivity contribution in [2.24, 2.45) is 7.05 Å². The van der Waals surface area contributed by atoms with Crippen LogP contribution in [0.3, 0.4) is 0 Å². The third kappa shape index (κ3) is 2.91. The Morgan fingerprint density at radius 2 is 2.00 bits per heavy atom. The van der Waals surface area contributed by atoms with E-state index in [1.54, 1.807) is 17.7 Å². The van der Waals surface area contributed by atoms with Crippen molar-refractivity contribution in [2.45, 2.75) is 25.7 Å². The predicted octanol–water partition coefficient (Wildman–Crippen LogP) is 5.09. The van der Waals surface area contributed by atoms with Gasteiger partial charge in [-0.2, -0.15) is 0 Å². The fourth-order valence-electron chi connectivity index (χ4n) is 4.02. The first-order valence-electron chi connectivity index (χ1n) is 9.41. The highest BCUT2D eigenvalue weighted by Gasteiger charge is 2.26. The summed E-state index contributed by atoms with van der Waals surface area (Å²) in [5.41, 5.74) is 4.85. The van der Waals surface area contributed by atoms with Crippen LogP contribution in [0.1, 0.15) is 30.2 Å². The molecule has 0 amide bonds. The van der Waals surface area contributed by atoms with Gasteiger partial charge in [0, 0.05) is 32.1 Å². The van der Waals surface area contributed by atoms with E-state index in [9.17, 15) is 4.79 Å². The summed E-state index contributed by atoms with van der Waals surface area (Å²) in [5, 5.41) is 0. The number of hydrogen-bond acceptors (Lipinski definition) is 5. The lowest BCUT2D eigenvalue weighted by atomic mass is 9.96. The van der Waals surface area contributed by atoms with Crippen molar-refractivity contribution in [3.8, 4) is 0 Å². The number of thiophene rings is 1. The molecule has 4 heterocycles. The molecule has 0 spiro atoms. The van der Waals surface area contributed by atoms with Gasteiger partial charge in [0.1, 0.15) is 5.52 Å². The molecule has 3 aromatic heterocycles. The first kappa shape index (κ1) is 17.8. The molecule has 1 fully saturated rings. The minimum Gasteiger partial charge on any atom is -0.440 e. The number of nitrogens with zero attached hydrogens (tertiary/aromatic N) is 3. The standard InChI is InChI=1S/C21H20ClN3O2S/c1-12-3-4-17-14(9-12)23-21(27-17)13-5-7-25(8-6-13)16-11-19(26)24(2)15-10-18(22)28-20(15)16/h3-4,9-11,13H,5-8H2,1-2H3. The first-order valence-corrected chi connectivity index (χ1v) is 10.6. The number of hydrogen-bond donors (Lipinski definition) is 0. The highest BCUT2D eigenvalue weighted by molar-refractivity contribution is 7.23. The van der Waals surface area contributed by atoms with E-state index >= 15 is 0 Å². The monoisotopic (exact) mass is 413 g/mol. The Morgan fingerprint density at radius 1 is 1.21 bits per heavy atom. The highest BCUT2D eigenvalue weighted by atomic mass is 35.5. The van der Waals surface area contributed by atoms with Gasteiger partial charge in [0.2, 0.25) is 0 Å². The predicted molar refractivity (Wildman–Crippen MR) is 115 cm³/mol. The Morgan fingerprint density at radius 3 is 2.79 bits per heavy atom. The molecule has 1 aromatic carbocycles. The molecule has 1 saturated heterocycles. The lowest BCUT2D eigenvalue weighted by molar-refractivity contribution is 0.408. The Hall–Kier alpha value is -2.31. The van der Waals surface area contributed by atoms with E-state index in [0.717, 1.165) is 58.8 Å². The van der Waals surface area contributed by atoms with Gasteiger partial charge in [-0.15, -0.1) is 11.3 Å². The molecule has 0 aliphatic carbocycles. The van der Waals surface area contributed by atoms with Crippen molar-refractivity contribution in [1.29, 1.82) is 0 Å². The number of piperidine rings is 1. The van der Waals surface area contributed by atoms with Crippen LogP contribution in [0.4, 0.5) is 5.69 Å². The SMILES string of the molecule is Cc1ccc2oc(C3CCN(c4cc(=O)n(C)c5cc(Cl)sc45)CC3)nc2c1. The summed E-state index contributed by atoms with van der Waals surface area (Å²) in [5.74, 6) is 1.13.